The molecule has 1 N–H and O–H groups in total. The van der Waals surface area contributed by atoms with Gasteiger partial charge in [0, 0.05) is 17.0 Å². The zero-order chi connectivity index (χ0) is 19.1. The van der Waals surface area contributed by atoms with Crippen molar-refractivity contribution in [2.45, 2.75) is 0 Å². The molecular weight excluding hydrogens is 350 g/mol. The van der Waals surface area contributed by atoms with Gasteiger partial charge in [-0.05, 0) is 29.7 Å². The van der Waals surface area contributed by atoms with Crippen LogP contribution < -0.4 is 0 Å². The number of nitro groups is 1. The normalized spacial score (nSPS) is 13.6. The van der Waals surface area contributed by atoms with E-state index in [1.54, 1.807) is 24.3 Å². The highest BCUT2D eigenvalue weighted by molar-refractivity contribution is 6.25. The summed E-state index contributed by atoms with van der Waals surface area (Å²) in [6.45, 7) is 0. The van der Waals surface area contributed by atoms with E-state index in [-0.39, 0.29) is 5.56 Å². The van der Waals surface area contributed by atoms with Crippen molar-refractivity contribution in [2.75, 3.05) is 0 Å². The molecule has 0 atom stereocenters. The van der Waals surface area contributed by atoms with Crippen molar-refractivity contribution in [3.8, 4) is 5.75 Å². The Hall–Kier alpha value is -4.07. The monoisotopic (exact) mass is 361 g/mol. The molecule has 1 aliphatic heterocycles. The summed E-state index contributed by atoms with van der Waals surface area (Å²) in [5, 5.41) is 26.4. The third-order valence-electron chi connectivity index (χ3n) is 4.27. The third-order valence-corrected chi connectivity index (χ3v) is 4.27. The number of hydrogen-bond donors (Lipinski definition) is 1. The van der Waals surface area contributed by atoms with Crippen LogP contribution in [0.25, 0.3) is 10.8 Å². The Balaban J connectivity index is 1.75. The lowest BCUT2D eigenvalue weighted by Gasteiger charge is -2.22. The fourth-order valence-corrected chi connectivity index (χ4v) is 3.01. The number of hydrazone groups is 1. The number of phenols is 1. The largest absolute Gasteiger partial charge is 0.502 e. The van der Waals surface area contributed by atoms with Crippen LogP contribution >= 0.6 is 0 Å². The molecule has 0 saturated carbocycles. The molecule has 0 fully saturated rings. The summed E-state index contributed by atoms with van der Waals surface area (Å²) in [5.74, 6) is -1.63. The molecule has 4 rings (SSSR count). The smallest absolute Gasteiger partial charge is 0.311 e. The molecule has 0 aliphatic carbocycles. The number of rotatable bonds is 3. The highest BCUT2D eigenvalue weighted by Gasteiger charge is 2.32. The third kappa shape index (κ3) is 2.60. The van der Waals surface area contributed by atoms with E-state index in [9.17, 15) is 24.8 Å². The van der Waals surface area contributed by atoms with E-state index in [0.29, 0.717) is 16.5 Å². The fraction of sp³-hybridized carbons (Fsp3) is 0. The second kappa shape index (κ2) is 6.03. The van der Waals surface area contributed by atoms with Gasteiger partial charge >= 0.3 is 5.69 Å². The average molecular weight is 361 g/mol. The first-order chi connectivity index (χ1) is 13.0. The molecule has 0 unspecified atom stereocenters. The minimum absolute atomic E-state index is 0.261. The van der Waals surface area contributed by atoms with Gasteiger partial charge in [0.05, 0.1) is 22.3 Å². The molecule has 27 heavy (non-hydrogen) atoms. The molecule has 0 saturated heterocycles. The van der Waals surface area contributed by atoms with Crippen LogP contribution in [0.15, 0.2) is 59.7 Å². The van der Waals surface area contributed by atoms with Crippen molar-refractivity contribution in [3.05, 3.63) is 81.4 Å². The summed E-state index contributed by atoms with van der Waals surface area (Å²) in [5.41, 5.74) is 0.482. The van der Waals surface area contributed by atoms with Gasteiger partial charge in [-0.25, -0.2) is 0 Å². The van der Waals surface area contributed by atoms with Gasteiger partial charge < -0.3 is 5.11 Å². The second-order valence-electron chi connectivity index (χ2n) is 5.88. The Labute approximate surface area is 152 Å². The van der Waals surface area contributed by atoms with Crippen molar-refractivity contribution in [2.24, 2.45) is 5.10 Å². The van der Waals surface area contributed by atoms with Crippen LogP contribution in [0.4, 0.5) is 5.69 Å². The van der Waals surface area contributed by atoms with Crippen molar-refractivity contribution < 1.29 is 19.6 Å². The Morgan fingerprint density at radius 2 is 1.63 bits per heavy atom. The SMILES string of the molecule is O=C1c2cccc3cccc(c23)C(=O)N1/N=C\c1ccc(O)c([N+](=O)[O-])c1. The molecule has 8 heteroatoms. The predicted octanol–water partition coefficient (Wildman–Crippen LogP) is 3.08. The summed E-state index contributed by atoms with van der Waals surface area (Å²) in [4.78, 5) is 35.6. The number of benzene rings is 3. The molecule has 1 aliphatic rings. The van der Waals surface area contributed by atoms with Gasteiger partial charge in [0.2, 0.25) is 0 Å². The molecule has 0 spiro atoms. The first kappa shape index (κ1) is 16.4. The zero-order valence-corrected chi connectivity index (χ0v) is 13.7. The van der Waals surface area contributed by atoms with E-state index in [0.717, 1.165) is 28.7 Å². The topological polar surface area (TPSA) is 113 Å². The Kier molecular flexibility index (Phi) is 3.66. The standard InChI is InChI=1S/C19H11N3O5/c23-16-8-7-11(9-15(16)22(26)27)10-20-21-18(24)13-5-1-3-12-4-2-6-14(17(12)13)19(21)25/h1-10,23H/b20-10-. The van der Waals surface area contributed by atoms with Crippen molar-refractivity contribution in [1.82, 2.24) is 5.01 Å². The molecule has 0 aromatic heterocycles. The molecule has 3 aromatic rings. The number of carbonyl (C=O) groups is 2. The average Bonchev–Trinajstić information content (AvgIpc) is 2.66. The van der Waals surface area contributed by atoms with Crippen molar-refractivity contribution >= 4 is 34.5 Å². The first-order valence-electron chi connectivity index (χ1n) is 7.89. The summed E-state index contributed by atoms with van der Waals surface area (Å²) >= 11 is 0. The van der Waals surface area contributed by atoms with Gasteiger partial charge in [-0.1, -0.05) is 24.3 Å². The number of carbonyl (C=O) groups excluding carboxylic acids is 2. The first-order valence-corrected chi connectivity index (χ1v) is 7.89. The van der Waals surface area contributed by atoms with Crippen LogP contribution in [0.5, 0.6) is 5.75 Å². The molecule has 0 bridgehead atoms. The highest BCUT2D eigenvalue weighted by atomic mass is 16.6. The molecule has 0 radical (unpaired) electrons. The van der Waals surface area contributed by atoms with Crippen LogP contribution in [0.2, 0.25) is 0 Å². The lowest BCUT2D eigenvalue weighted by molar-refractivity contribution is -0.385. The van der Waals surface area contributed by atoms with Gasteiger partial charge in [-0.2, -0.15) is 10.1 Å². The maximum atomic E-state index is 12.7. The number of nitrogens with zero attached hydrogens (tertiary/aromatic N) is 3. The Morgan fingerprint density at radius 1 is 1.00 bits per heavy atom. The zero-order valence-electron chi connectivity index (χ0n) is 13.7. The Bertz CT molecular complexity index is 1120. The van der Waals surface area contributed by atoms with E-state index in [4.69, 9.17) is 0 Å². The van der Waals surface area contributed by atoms with E-state index in [1.807, 2.05) is 12.1 Å². The number of nitro benzene ring substituents is 1. The molecule has 8 nitrogen and oxygen atoms in total. The summed E-state index contributed by atoms with van der Waals surface area (Å²) in [7, 11) is 0. The van der Waals surface area contributed by atoms with E-state index in [1.165, 1.54) is 6.07 Å². The summed E-state index contributed by atoms with van der Waals surface area (Å²) in [6, 6.07) is 14.0. The lowest BCUT2D eigenvalue weighted by Crippen LogP contribution is -2.36. The Morgan fingerprint density at radius 3 is 2.22 bits per heavy atom. The van der Waals surface area contributed by atoms with Crippen LogP contribution in [0, 0.1) is 10.1 Å². The quantitative estimate of drug-likeness (QED) is 0.333. The molecular formula is C19H11N3O5. The number of hydrogen-bond acceptors (Lipinski definition) is 6. The van der Waals surface area contributed by atoms with Gasteiger partial charge in [0.1, 0.15) is 0 Å². The minimum Gasteiger partial charge on any atom is -0.502 e. The van der Waals surface area contributed by atoms with Gasteiger partial charge in [0.15, 0.2) is 5.75 Å². The molecule has 1 heterocycles. The summed E-state index contributed by atoms with van der Waals surface area (Å²) in [6.07, 6.45) is 1.16. The van der Waals surface area contributed by atoms with E-state index < -0.39 is 28.2 Å². The second-order valence-corrected chi connectivity index (χ2v) is 5.88. The van der Waals surface area contributed by atoms with Crippen molar-refractivity contribution in [3.63, 3.8) is 0 Å². The molecule has 3 aromatic carbocycles. The van der Waals surface area contributed by atoms with Crippen LogP contribution in [0.1, 0.15) is 26.3 Å². The highest BCUT2D eigenvalue weighted by Crippen LogP contribution is 2.30. The number of phenolic OH excluding ortho intramolecular Hbond substituents is 1. The molecule has 132 valence electrons. The molecule has 2 amide bonds. The maximum absolute atomic E-state index is 12.7. The van der Waals surface area contributed by atoms with Crippen LogP contribution in [-0.2, 0) is 0 Å². The fourth-order valence-electron chi connectivity index (χ4n) is 3.01. The van der Waals surface area contributed by atoms with Crippen LogP contribution in [0.3, 0.4) is 0 Å². The number of aromatic hydroxyl groups is 1. The lowest BCUT2D eigenvalue weighted by atomic mass is 9.95. The maximum Gasteiger partial charge on any atom is 0.311 e. The van der Waals surface area contributed by atoms with E-state index >= 15 is 0 Å². The van der Waals surface area contributed by atoms with Gasteiger partial charge in [-0.3, -0.25) is 19.7 Å². The van der Waals surface area contributed by atoms with Crippen LogP contribution in [-0.4, -0.2) is 33.1 Å². The van der Waals surface area contributed by atoms with E-state index in [2.05, 4.69) is 5.10 Å². The summed E-state index contributed by atoms with van der Waals surface area (Å²) < 4.78 is 0. The number of amides is 2. The van der Waals surface area contributed by atoms with Gasteiger partial charge in [-0.15, -0.1) is 0 Å². The van der Waals surface area contributed by atoms with Crippen molar-refractivity contribution in [1.29, 1.82) is 0 Å². The number of imide groups is 1. The van der Waals surface area contributed by atoms with Gasteiger partial charge in [0.25, 0.3) is 11.8 Å². The predicted molar refractivity (Wildman–Crippen MR) is 96.8 cm³/mol. The minimum atomic E-state index is -0.735.